The van der Waals surface area contributed by atoms with Crippen LogP contribution in [0.1, 0.15) is 17.9 Å². The Morgan fingerprint density at radius 1 is 1.03 bits per heavy atom. The number of nitrogens with zero attached hydrogens (tertiary/aromatic N) is 2. The van der Waals surface area contributed by atoms with Crippen LogP contribution in [0.15, 0.2) is 42.5 Å². The van der Waals surface area contributed by atoms with E-state index in [1.165, 1.54) is 17.7 Å². The fourth-order valence-corrected chi connectivity index (χ4v) is 3.81. The van der Waals surface area contributed by atoms with Gasteiger partial charge in [0, 0.05) is 49.8 Å². The summed E-state index contributed by atoms with van der Waals surface area (Å²) in [4.78, 5) is 16.5. The minimum absolute atomic E-state index is 0. The lowest BCUT2D eigenvalue weighted by molar-refractivity contribution is -0.131. The number of carbonyl (C=O) groups excluding carboxylic acids is 1. The lowest BCUT2D eigenvalue weighted by Gasteiger charge is -2.32. The van der Waals surface area contributed by atoms with Gasteiger partial charge in [0.05, 0.1) is 6.54 Å². The van der Waals surface area contributed by atoms with Crippen molar-refractivity contribution >= 4 is 30.7 Å². The van der Waals surface area contributed by atoms with Crippen LogP contribution in [0.4, 0.5) is 8.78 Å². The smallest absolute Gasteiger partial charge is 0.236 e. The molecular weight excluding hydrogens is 431 g/mol. The first-order valence-corrected chi connectivity index (χ1v) is 9.76. The molecule has 2 aromatic rings. The Morgan fingerprint density at radius 2 is 1.70 bits per heavy atom. The number of carbonyl (C=O) groups is 1. The summed E-state index contributed by atoms with van der Waals surface area (Å²) in [5.41, 5.74) is 2.31. The first-order chi connectivity index (χ1) is 13.5. The summed E-state index contributed by atoms with van der Waals surface area (Å²) in [6.07, 6.45) is 1.00. The van der Waals surface area contributed by atoms with E-state index in [1.54, 1.807) is 0 Å². The van der Waals surface area contributed by atoms with E-state index in [9.17, 15) is 13.6 Å². The monoisotopic (exact) mass is 457 g/mol. The second kappa shape index (κ2) is 10.5. The van der Waals surface area contributed by atoms with E-state index >= 15 is 0 Å². The van der Waals surface area contributed by atoms with Crippen molar-refractivity contribution in [2.75, 3.05) is 39.8 Å². The second-order valence-corrected chi connectivity index (χ2v) is 7.76. The van der Waals surface area contributed by atoms with Crippen LogP contribution in [0.25, 0.3) is 11.1 Å². The van der Waals surface area contributed by atoms with Gasteiger partial charge < -0.3 is 15.1 Å². The molecule has 0 bridgehead atoms. The number of hydrogen-bond acceptors (Lipinski definition) is 3. The highest BCUT2D eigenvalue weighted by Crippen LogP contribution is 2.41. The Bertz CT molecular complexity index is 858. The summed E-state index contributed by atoms with van der Waals surface area (Å²) < 4.78 is 27.0. The van der Waals surface area contributed by atoms with Gasteiger partial charge in [0.15, 0.2) is 0 Å². The number of hydrogen-bond donors (Lipinski definition) is 1. The van der Waals surface area contributed by atoms with Crippen LogP contribution < -0.4 is 5.32 Å². The first-order valence-electron chi connectivity index (χ1n) is 9.76. The molecule has 2 aliphatic rings. The molecule has 4 rings (SSSR count). The average Bonchev–Trinajstić information content (AvgIpc) is 3.47. The van der Waals surface area contributed by atoms with Gasteiger partial charge in [-0.2, -0.15) is 0 Å². The minimum Gasteiger partial charge on any atom is -0.339 e. The maximum atomic E-state index is 13.9. The summed E-state index contributed by atoms with van der Waals surface area (Å²) in [5.74, 6) is -0.578. The molecule has 2 unspecified atom stereocenters. The number of likely N-dealkylation sites (N-methyl/N-ethyl adjacent to an activating group) is 1. The zero-order valence-corrected chi connectivity index (χ0v) is 18.4. The van der Waals surface area contributed by atoms with Crippen molar-refractivity contribution in [3.63, 3.8) is 0 Å². The largest absolute Gasteiger partial charge is 0.339 e. The molecule has 8 heteroatoms. The van der Waals surface area contributed by atoms with Crippen LogP contribution in [0.5, 0.6) is 0 Å². The third kappa shape index (κ3) is 5.70. The standard InChI is InChI=1S/C22H25F2N3O.2ClH/c1-26-8-10-27(11-9-26)22(28)14-25-21-13-19(21)16-4-2-15(3-5-16)18-7-6-17(23)12-20(18)24;;/h2-7,12,19,21,25H,8-11,13-14H2,1H3;2*1H. The summed E-state index contributed by atoms with van der Waals surface area (Å²) in [7, 11) is 2.07. The Balaban J connectivity index is 0.00000160. The minimum atomic E-state index is -0.573. The number of rotatable bonds is 5. The summed E-state index contributed by atoms with van der Waals surface area (Å²) >= 11 is 0. The Hall–Kier alpha value is -1.73. The molecule has 30 heavy (non-hydrogen) atoms. The fraction of sp³-hybridized carbons (Fsp3) is 0.409. The molecule has 2 atom stereocenters. The molecule has 1 amide bonds. The van der Waals surface area contributed by atoms with E-state index < -0.39 is 11.6 Å². The number of amides is 1. The van der Waals surface area contributed by atoms with E-state index in [-0.39, 0.29) is 30.7 Å². The molecule has 0 spiro atoms. The molecule has 2 fully saturated rings. The number of piperazine rings is 1. The van der Waals surface area contributed by atoms with Crippen LogP contribution in [0.3, 0.4) is 0 Å². The molecule has 1 heterocycles. The third-order valence-electron chi connectivity index (χ3n) is 5.74. The number of halogens is 4. The summed E-state index contributed by atoms with van der Waals surface area (Å²) in [5, 5.41) is 3.37. The van der Waals surface area contributed by atoms with Gasteiger partial charge in [-0.1, -0.05) is 24.3 Å². The fourth-order valence-electron chi connectivity index (χ4n) is 3.81. The lowest BCUT2D eigenvalue weighted by atomic mass is 10.0. The van der Waals surface area contributed by atoms with Crippen molar-refractivity contribution in [1.29, 1.82) is 0 Å². The molecule has 1 N–H and O–H groups in total. The van der Waals surface area contributed by atoms with Crippen molar-refractivity contribution in [2.45, 2.75) is 18.4 Å². The van der Waals surface area contributed by atoms with Crippen LogP contribution >= 0.6 is 24.8 Å². The maximum absolute atomic E-state index is 13.9. The van der Waals surface area contributed by atoms with E-state index in [1.807, 2.05) is 29.2 Å². The zero-order valence-electron chi connectivity index (χ0n) is 16.8. The van der Waals surface area contributed by atoms with Gasteiger partial charge in [0.25, 0.3) is 0 Å². The highest BCUT2D eigenvalue weighted by Gasteiger charge is 2.38. The maximum Gasteiger partial charge on any atom is 0.236 e. The van der Waals surface area contributed by atoms with Gasteiger partial charge >= 0.3 is 0 Å². The van der Waals surface area contributed by atoms with E-state index in [0.717, 1.165) is 44.2 Å². The Kier molecular flexibility index (Phi) is 8.62. The first kappa shape index (κ1) is 24.5. The zero-order chi connectivity index (χ0) is 19.7. The quantitative estimate of drug-likeness (QED) is 0.743. The van der Waals surface area contributed by atoms with Gasteiger partial charge in [-0.3, -0.25) is 4.79 Å². The molecule has 4 nitrogen and oxygen atoms in total. The molecule has 1 aliphatic heterocycles. The van der Waals surface area contributed by atoms with Crippen LogP contribution in [-0.4, -0.2) is 61.5 Å². The van der Waals surface area contributed by atoms with Crippen molar-refractivity contribution in [1.82, 2.24) is 15.1 Å². The number of nitrogens with one attached hydrogen (secondary N) is 1. The van der Waals surface area contributed by atoms with Crippen molar-refractivity contribution < 1.29 is 13.6 Å². The average molecular weight is 458 g/mol. The van der Waals surface area contributed by atoms with E-state index in [4.69, 9.17) is 0 Å². The van der Waals surface area contributed by atoms with Gasteiger partial charge in [0.2, 0.25) is 5.91 Å². The topological polar surface area (TPSA) is 35.6 Å². The normalized spacial score (nSPS) is 20.8. The van der Waals surface area contributed by atoms with Crippen molar-refractivity contribution in [3.05, 3.63) is 59.7 Å². The Morgan fingerprint density at radius 3 is 2.33 bits per heavy atom. The van der Waals surface area contributed by atoms with E-state index in [0.29, 0.717) is 24.1 Å². The molecule has 2 aromatic carbocycles. The van der Waals surface area contributed by atoms with Crippen LogP contribution in [-0.2, 0) is 4.79 Å². The number of benzene rings is 2. The molecular formula is C22H27Cl2F2N3O. The van der Waals surface area contributed by atoms with Crippen LogP contribution in [0.2, 0.25) is 0 Å². The van der Waals surface area contributed by atoms with Crippen molar-refractivity contribution in [3.8, 4) is 11.1 Å². The highest BCUT2D eigenvalue weighted by molar-refractivity contribution is 5.85. The molecule has 1 saturated carbocycles. The summed E-state index contributed by atoms with van der Waals surface area (Å²) in [6, 6.07) is 11.7. The van der Waals surface area contributed by atoms with Crippen LogP contribution in [0, 0.1) is 11.6 Å². The predicted molar refractivity (Wildman–Crippen MR) is 120 cm³/mol. The lowest BCUT2D eigenvalue weighted by Crippen LogP contribution is -2.49. The predicted octanol–water partition coefficient (Wildman–Crippen LogP) is 3.69. The van der Waals surface area contributed by atoms with Gasteiger partial charge in [0.1, 0.15) is 11.6 Å². The van der Waals surface area contributed by atoms with Gasteiger partial charge in [-0.05, 0) is 36.7 Å². The molecule has 1 aliphatic carbocycles. The SMILES string of the molecule is CN1CCN(C(=O)CNC2CC2c2ccc(-c3ccc(F)cc3F)cc2)CC1.Cl.Cl. The van der Waals surface area contributed by atoms with Gasteiger partial charge in [-0.15, -0.1) is 24.8 Å². The third-order valence-corrected chi connectivity index (χ3v) is 5.74. The summed E-state index contributed by atoms with van der Waals surface area (Å²) in [6.45, 7) is 3.83. The second-order valence-electron chi connectivity index (χ2n) is 7.76. The molecule has 1 saturated heterocycles. The molecule has 0 radical (unpaired) electrons. The highest BCUT2D eigenvalue weighted by atomic mass is 35.5. The van der Waals surface area contributed by atoms with E-state index in [2.05, 4.69) is 17.3 Å². The molecule has 0 aromatic heterocycles. The Labute approximate surface area is 188 Å². The molecule has 164 valence electrons. The van der Waals surface area contributed by atoms with Crippen molar-refractivity contribution in [2.24, 2.45) is 0 Å². The van der Waals surface area contributed by atoms with Gasteiger partial charge in [-0.25, -0.2) is 8.78 Å².